The summed E-state index contributed by atoms with van der Waals surface area (Å²) in [4.78, 5) is 2.22. The highest BCUT2D eigenvalue weighted by Crippen LogP contribution is 2.34. The lowest BCUT2D eigenvalue weighted by atomic mass is 9.88. The van der Waals surface area contributed by atoms with Crippen LogP contribution in [0.2, 0.25) is 0 Å². The van der Waals surface area contributed by atoms with Gasteiger partial charge in [0.25, 0.3) is 0 Å². The minimum atomic E-state index is -0.125. The first-order valence-electron chi connectivity index (χ1n) is 7.63. The maximum atomic E-state index is 13.6. The smallest absolute Gasteiger partial charge is 0.123 e. The summed E-state index contributed by atoms with van der Waals surface area (Å²) >= 11 is 0. The quantitative estimate of drug-likeness (QED) is 0.822. The van der Waals surface area contributed by atoms with Gasteiger partial charge in [0, 0.05) is 0 Å². The molecule has 0 bridgehead atoms. The molecule has 110 valence electrons. The highest BCUT2D eigenvalue weighted by molar-refractivity contribution is 5.42. The molecule has 0 saturated carbocycles. The van der Waals surface area contributed by atoms with Crippen LogP contribution in [-0.4, -0.2) is 25.5 Å². The van der Waals surface area contributed by atoms with Gasteiger partial charge in [-0.2, -0.15) is 0 Å². The van der Waals surface area contributed by atoms with Gasteiger partial charge in [-0.05, 0) is 80.2 Å². The molecule has 1 nitrogen and oxygen atoms in total. The van der Waals surface area contributed by atoms with Crippen LogP contribution in [0, 0.1) is 5.82 Å². The van der Waals surface area contributed by atoms with Gasteiger partial charge in [0.2, 0.25) is 0 Å². The third kappa shape index (κ3) is 3.16. The van der Waals surface area contributed by atoms with Gasteiger partial charge in [0.05, 0.1) is 0 Å². The van der Waals surface area contributed by atoms with Crippen molar-refractivity contribution in [3.8, 4) is 0 Å². The van der Waals surface area contributed by atoms with Crippen LogP contribution in [0.5, 0.6) is 0 Å². The van der Waals surface area contributed by atoms with Crippen molar-refractivity contribution >= 4 is 0 Å². The molecular formula is C19H22FN. The second-order valence-electron chi connectivity index (χ2n) is 6.28. The van der Waals surface area contributed by atoms with E-state index in [4.69, 9.17) is 0 Å². The SMILES string of the molecule is CN(C)CCC1Cc2ccccc2Cc2cc(F)ccc21. The van der Waals surface area contributed by atoms with Crippen LogP contribution in [0.3, 0.4) is 0 Å². The van der Waals surface area contributed by atoms with E-state index in [1.165, 1.54) is 16.7 Å². The molecule has 1 aliphatic carbocycles. The number of hydrogen-bond acceptors (Lipinski definition) is 1. The Balaban J connectivity index is 2.00. The lowest BCUT2D eigenvalue weighted by molar-refractivity contribution is 0.380. The van der Waals surface area contributed by atoms with Crippen molar-refractivity contribution < 1.29 is 4.39 Å². The van der Waals surface area contributed by atoms with Crippen molar-refractivity contribution in [2.45, 2.75) is 25.2 Å². The van der Waals surface area contributed by atoms with Gasteiger partial charge < -0.3 is 4.90 Å². The summed E-state index contributed by atoms with van der Waals surface area (Å²) in [6.45, 7) is 1.06. The molecule has 0 spiro atoms. The average molecular weight is 283 g/mol. The van der Waals surface area contributed by atoms with Gasteiger partial charge >= 0.3 is 0 Å². The third-order valence-electron chi connectivity index (χ3n) is 4.44. The van der Waals surface area contributed by atoms with E-state index in [0.717, 1.165) is 31.4 Å². The molecule has 1 aliphatic rings. The lowest BCUT2D eigenvalue weighted by Gasteiger charge is -2.20. The van der Waals surface area contributed by atoms with E-state index in [2.05, 4.69) is 43.3 Å². The first kappa shape index (κ1) is 14.3. The molecule has 1 unspecified atom stereocenters. The molecule has 0 amide bonds. The van der Waals surface area contributed by atoms with Crippen LogP contribution in [0.1, 0.15) is 34.6 Å². The second-order valence-corrected chi connectivity index (χ2v) is 6.28. The predicted molar refractivity (Wildman–Crippen MR) is 85.3 cm³/mol. The van der Waals surface area contributed by atoms with Gasteiger partial charge in [-0.25, -0.2) is 4.39 Å². The molecule has 21 heavy (non-hydrogen) atoms. The number of benzene rings is 2. The first-order chi connectivity index (χ1) is 10.1. The van der Waals surface area contributed by atoms with Crippen LogP contribution >= 0.6 is 0 Å². The van der Waals surface area contributed by atoms with Crippen molar-refractivity contribution in [2.75, 3.05) is 20.6 Å². The van der Waals surface area contributed by atoms with E-state index >= 15 is 0 Å². The summed E-state index contributed by atoms with van der Waals surface area (Å²) in [6.07, 6.45) is 3.02. The maximum Gasteiger partial charge on any atom is 0.123 e. The first-order valence-corrected chi connectivity index (χ1v) is 7.63. The highest BCUT2D eigenvalue weighted by Gasteiger charge is 2.22. The Hall–Kier alpha value is -1.67. The summed E-state index contributed by atoms with van der Waals surface area (Å²) in [5.74, 6) is 0.353. The van der Waals surface area contributed by atoms with E-state index in [9.17, 15) is 4.39 Å². The van der Waals surface area contributed by atoms with E-state index in [1.54, 1.807) is 12.1 Å². The van der Waals surface area contributed by atoms with E-state index in [-0.39, 0.29) is 5.82 Å². The molecule has 0 fully saturated rings. The van der Waals surface area contributed by atoms with Crippen LogP contribution in [0.25, 0.3) is 0 Å². The lowest BCUT2D eigenvalue weighted by Crippen LogP contribution is -2.17. The summed E-state index contributed by atoms with van der Waals surface area (Å²) in [5, 5.41) is 0. The van der Waals surface area contributed by atoms with Crippen molar-refractivity contribution in [1.29, 1.82) is 0 Å². The number of rotatable bonds is 3. The molecule has 0 radical (unpaired) electrons. The van der Waals surface area contributed by atoms with Crippen molar-refractivity contribution in [3.63, 3.8) is 0 Å². The molecule has 2 aromatic rings. The van der Waals surface area contributed by atoms with Crippen molar-refractivity contribution in [2.24, 2.45) is 0 Å². The molecule has 2 heteroatoms. The number of hydrogen-bond donors (Lipinski definition) is 0. The van der Waals surface area contributed by atoms with Gasteiger partial charge in [-0.15, -0.1) is 0 Å². The topological polar surface area (TPSA) is 3.24 Å². The second kappa shape index (κ2) is 5.98. The van der Waals surface area contributed by atoms with Crippen molar-refractivity contribution in [3.05, 3.63) is 70.5 Å². The summed E-state index contributed by atoms with van der Waals surface area (Å²) in [5.41, 5.74) is 5.24. The standard InChI is InChI=1S/C19H22FN/c1-21(2)10-9-16-11-14-5-3-4-6-15(14)12-17-13-18(20)7-8-19(16)17/h3-8,13,16H,9-12H2,1-2H3. The molecule has 1 atom stereocenters. The van der Waals surface area contributed by atoms with E-state index < -0.39 is 0 Å². The minimum Gasteiger partial charge on any atom is -0.309 e. The van der Waals surface area contributed by atoms with E-state index in [1.807, 2.05) is 6.07 Å². The number of fused-ring (bicyclic) bond motifs is 2. The number of halogens is 1. The van der Waals surface area contributed by atoms with Crippen LogP contribution < -0.4 is 0 Å². The van der Waals surface area contributed by atoms with Crippen molar-refractivity contribution in [1.82, 2.24) is 4.90 Å². The fourth-order valence-corrected chi connectivity index (χ4v) is 3.31. The molecule has 3 rings (SSSR count). The zero-order chi connectivity index (χ0) is 14.8. The minimum absolute atomic E-state index is 0.125. The normalized spacial score (nSPS) is 17.2. The Labute approximate surface area is 126 Å². The Morgan fingerprint density at radius 2 is 1.81 bits per heavy atom. The van der Waals surface area contributed by atoms with Crippen LogP contribution in [0.4, 0.5) is 4.39 Å². The van der Waals surface area contributed by atoms with Crippen LogP contribution in [-0.2, 0) is 12.8 Å². The summed E-state index contributed by atoms with van der Waals surface area (Å²) < 4.78 is 13.6. The highest BCUT2D eigenvalue weighted by atomic mass is 19.1. The molecule has 0 aromatic heterocycles. The average Bonchev–Trinajstić information content (AvgIpc) is 2.60. The molecule has 2 aromatic carbocycles. The van der Waals surface area contributed by atoms with E-state index in [0.29, 0.717) is 5.92 Å². The third-order valence-corrected chi connectivity index (χ3v) is 4.44. The Morgan fingerprint density at radius 1 is 1.05 bits per heavy atom. The molecule has 0 N–H and O–H groups in total. The molecule has 0 heterocycles. The zero-order valence-corrected chi connectivity index (χ0v) is 12.8. The Morgan fingerprint density at radius 3 is 2.57 bits per heavy atom. The fourth-order valence-electron chi connectivity index (χ4n) is 3.31. The zero-order valence-electron chi connectivity index (χ0n) is 12.8. The maximum absolute atomic E-state index is 13.6. The number of nitrogens with zero attached hydrogens (tertiary/aromatic N) is 1. The van der Waals surface area contributed by atoms with Gasteiger partial charge in [0.15, 0.2) is 0 Å². The summed E-state index contributed by atoms with van der Waals surface area (Å²) in [7, 11) is 4.21. The van der Waals surface area contributed by atoms with Crippen LogP contribution in [0.15, 0.2) is 42.5 Å². The molecule has 0 aliphatic heterocycles. The fraction of sp³-hybridized carbons (Fsp3) is 0.368. The van der Waals surface area contributed by atoms with Gasteiger partial charge in [-0.1, -0.05) is 30.3 Å². The molecule has 0 saturated heterocycles. The Bertz CT molecular complexity index is 633. The molecular weight excluding hydrogens is 261 g/mol. The monoisotopic (exact) mass is 283 g/mol. The van der Waals surface area contributed by atoms with Gasteiger partial charge in [-0.3, -0.25) is 0 Å². The largest absolute Gasteiger partial charge is 0.309 e. The Kier molecular flexibility index (Phi) is 4.07. The summed E-state index contributed by atoms with van der Waals surface area (Å²) in [6, 6.07) is 13.9. The van der Waals surface area contributed by atoms with Gasteiger partial charge in [0.1, 0.15) is 5.82 Å². The predicted octanol–water partition coefficient (Wildman–Crippen LogP) is 4.01.